The lowest BCUT2D eigenvalue weighted by molar-refractivity contribution is -0.113. The van der Waals surface area contributed by atoms with Crippen molar-refractivity contribution < 1.29 is 27.8 Å². The van der Waals surface area contributed by atoms with E-state index in [1.807, 2.05) is 0 Å². The second kappa shape index (κ2) is 9.96. The highest BCUT2D eigenvalue weighted by Crippen LogP contribution is 2.41. The minimum absolute atomic E-state index is 0.334. The highest BCUT2D eigenvalue weighted by atomic mass is 32.2. The number of ether oxygens (including phenoxy) is 3. The van der Waals surface area contributed by atoms with Crippen LogP contribution in [0.1, 0.15) is 5.56 Å². The third-order valence-electron chi connectivity index (χ3n) is 4.97. The number of halogens is 2. The van der Waals surface area contributed by atoms with E-state index < -0.39 is 11.6 Å². The number of hydrogen-bond acceptors (Lipinski definition) is 6. The number of thioether (sulfide) groups is 1. The van der Waals surface area contributed by atoms with Crippen LogP contribution in [0.5, 0.6) is 17.2 Å². The topological polar surface area (TPSA) is 60.4 Å². The molecule has 174 valence electrons. The molecule has 6 nitrogen and oxygen atoms in total. The molecule has 34 heavy (non-hydrogen) atoms. The Bertz CT molecular complexity index is 1250. The number of rotatable bonds is 6. The fourth-order valence-corrected chi connectivity index (χ4v) is 4.28. The van der Waals surface area contributed by atoms with Crippen LogP contribution in [-0.2, 0) is 4.79 Å². The molecule has 0 unspecified atom stereocenters. The van der Waals surface area contributed by atoms with E-state index in [2.05, 4.69) is 4.99 Å². The van der Waals surface area contributed by atoms with Crippen LogP contribution >= 0.6 is 11.8 Å². The predicted molar refractivity (Wildman–Crippen MR) is 129 cm³/mol. The Kier molecular flexibility index (Phi) is 6.83. The van der Waals surface area contributed by atoms with Gasteiger partial charge in [0, 0.05) is 12.1 Å². The van der Waals surface area contributed by atoms with Gasteiger partial charge in [-0.1, -0.05) is 0 Å². The molecule has 1 aliphatic heterocycles. The number of aliphatic imine (C=N–C) groups is 1. The maximum Gasteiger partial charge on any atom is 0.271 e. The Morgan fingerprint density at radius 2 is 1.41 bits per heavy atom. The van der Waals surface area contributed by atoms with Crippen molar-refractivity contribution in [3.63, 3.8) is 0 Å². The van der Waals surface area contributed by atoms with E-state index in [-0.39, 0.29) is 5.91 Å². The molecule has 0 bridgehead atoms. The number of anilines is 1. The van der Waals surface area contributed by atoms with Gasteiger partial charge < -0.3 is 14.2 Å². The minimum atomic E-state index is -0.427. The Balaban J connectivity index is 1.82. The molecular weight excluding hydrogens is 462 g/mol. The summed E-state index contributed by atoms with van der Waals surface area (Å²) in [5.41, 5.74) is 1.45. The number of carbonyl (C=O) groups excluding carboxylic acids is 1. The number of hydrogen-bond donors (Lipinski definition) is 0. The first-order valence-electron chi connectivity index (χ1n) is 10.1. The lowest BCUT2D eigenvalue weighted by Gasteiger charge is -2.15. The van der Waals surface area contributed by atoms with Gasteiger partial charge in [0.05, 0.1) is 43.2 Å². The van der Waals surface area contributed by atoms with Crippen LogP contribution in [0.25, 0.3) is 6.08 Å². The first-order chi connectivity index (χ1) is 16.4. The lowest BCUT2D eigenvalue weighted by atomic mass is 10.1. The van der Waals surface area contributed by atoms with Crippen LogP contribution in [0.15, 0.2) is 70.6 Å². The van der Waals surface area contributed by atoms with Gasteiger partial charge in [-0.15, -0.1) is 0 Å². The summed E-state index contributed by atoms with van der Waals surface area (Å²) in [6.45, 7) is 0. The van der Waals surface area contributed by atoms with Gasteiger partial charge in [0.1, 0.15) is 28.9 Å². The summed E-state index contributed by atoms with van der Waals surface area (Å²) in [7, 11) is 4.54. The molecule has 9 heteroatoms. The molecule has 0 saturated carbocycles. The van der Waals surface area contributed by atoms with Gasteiger partial charge in [-0.05, 0) is 66.4 Å². The molecule has 4 rings (SSSR count). The van der Waals surface area contributed by atoms with E-state index in [0.29, 0.717) is 44.3 Å². The van der Waals surface area contributed by atoms with E-state index in [1.54, 1.807) is 18.2 Å². The third kappa shape index (κ3) is 4.74. The lowest BCUT2D eigenvalue weighted by Crippen LogP contribution is -2.28. The zero-order valence-electron chi connectivity index (χ0n) is 18.5. The number of amides is 1. The second-order valence-electron chi connectivity index (χ2n) is 7.04. The summed E-state index contributed by atoms with van der Waals surface area (Å²) in [5, 5.41) is 0.334. The van der Waals surface area contributed by atoms with Crippen LogP contribution in [0.2, 0.25) is 0 Å². The fraction of sp³-hybridized carbons (Fsp3) is 0.120. The SMILES string of the molecule is COc1cc(OC)c(C=C2SC(=Nc3ccc(F)cc3)N(c3ccc(F)cc3)C2=O)c(OC)c1. The highest BCUT2D eigenvalue weighted by molar-refractivity contribution is 8.19. The number of nitrogens with zero attached hydrogens (tertiary/aromatic N) is 2. The molecule has 0 aliphatic carbocycles. The average molecular weight is 483 g/mol. The van der Waals surface area contributed by atoms with E-state index in [9.17, 15) is 13.6 Å². The maximum absolute atomic E-state index is 13.5. The van der Waals surface area contributed by atoms with Gasteiger partial charge in [0.15, 0.2) is 5.17 Å². The summed E-state index contributed by atoms with van der Waals surface area (Å²) >= 11 is 1.13. The molecule has 3 aromatic rings. The molecule has 0 N–H and O–H groups in total. The number of benzene rings is 3. The first-order valence-corrected chi connectivity index (χ1v) is 10.9. The van der Waals surface area contributed by atoms with Gasteiger partial charge in [-0.2, -0.15) is 0 Å². The fourth-order valence-electron chi connectivity index (χ4n) is 3.30. The quantitative estimate of drug-likeness (QED) is 0.416. The Labute approximate surface area is 199 Å². The van der Waals surface area contributed by atoms with Crippen molar-refractivity contribution in [1.82, 2.24) is 0 Å². The molecule has 1 saturated heterocycles. The van der Waals surface area contributed by atoms with Gasteiger partial charge >= 0.3 is 0 Å². The molecule has 1 aliphatic rings. The van der Waals surface area contributed by atoms with Crippen molar-refractivity contribution in [3.05, 3.63) is 82.8 Å². The number of carbonyl (C=O) groups is 1. The minimum Gasteiger partial charge on any atom is -0.496 e. The van der Waals surface area contributed by atoms with Gasteiger partial charge in [0.25, 0.3) is 5.91 Å². The largest absolute Gasteiger partial charge is 0.496 e. The van der Waals surface area contributed by atoms with Crippen molar-refractivity contribution in [1.29, 1.82) is 0 Å². The standard InChI is InChI=1S/C25H20F2N2O4S/c1-31-19-12-21(32-2)20(22(13-19)33-3)14-23-24(30)29(18-10-6-16(27)7-11-18)25(34-23)28-17-8-4-15(26)5-9-17/h4-14H,1-3H3. The molecule has 3 aromatic carbocycles. The summed E-state index contributed by atoms with van der Waals surface area (Å²) in [5.74, 6) is 0.256. The van der Waals surface area contributed by atoms with Crippen LogP contribution in [0.3, 0.4) is 0 Å². The smallest absolute Gasteiger partial charge is 0.271 e. The zero-order valence-corrected chi connectivity index (χ0v) is 19.4. The zero-order chi connectivity index (χ0) is 24.2. The monoisotopic (exact) mass is 482 g/mol. The van der Waals surface area contributed by atoms with E-state index in [4.69, 9.17) is 14.2 Å². The Morgan fingerprint density at radius 3 is 1.94 bits per heavy atom. The average Bonchev–Trinajstić information content (AvgIpc) is 3.15. The Hall–Kier alpha value is -3.85. The molecular formula is C25H20F2N2O4S. The van der Waals surface area contributed by atoms with E-state index in [0.717, 1.165) is 11.8 Å². The molecule has 1 fully saturated rings. The number of amidine groups is 1. The van der Waals surface area contributed by atoms with E-state index >= 15 is 0 Å². The number of methoxy groups -OCH3 is 3. The molecule has 0 spiro atoms. The van der Waals surface area contributed by atoms with Crippen LogP contribution < -0.4 is 19.1 Å². The molecule has 1 amide bonds. The van der Waals surface area contributed by atoms with Crippen molar-refractivity contribution in [2.75, 3.05) is 26.2 Å². The van der Waals surface area contributed by atoms with Crippen molar-refractivity contribution in [2.45, 2.75) is 0 Å². The van der Waals surface area contributed by atoms with Crippen molar-refractivity contribution >= 4 is 40.3 Å². The normalized spacial score (nSPS) is 15.8. The third-order valence-corrected chi connectivity index (χ3v) is 5.94. The van der Waals surface area contributed by atoms with Crippen LogP contribution in [0.4, 0.5) is 20.2 Å². The van der Waals surface area contributed by atoms with Crippen LogP contribution in [-0.4, -0.2) is 32.4 Å². The maximum atomic E-state index is 13.5. The highest BCUT2D eigenvalue weighted by Gasteiger charge is 2.35. The van der Waals surface area contributed by atoms with E-state index in [1.165, 1.54) is 74.8 Å². The molecule has 0 aromatic heterocycles. The van der Waals surface area contributed by atoms with Crippen LogP contribution in [0, 0.1) is 11.6 Å². The summed E-state index contributed by atoms with van der Waals surface area (Å²) in [6, 6.07) is 14.5. The van der Waals surface area contributed by atoms with Crippen molar-refractivity contribution in [2.24, 2.45) is 4.99 Å². The predicted octanol–water partition coefficient (Wildman–Crippen LogP) is 5.80. The van der Waals surface area contributed by atoms with Gasteiger partial charge in [-0.25, -0.2) is 13.8 Å². The molecule has 0 radical (unpaired) electrons. The molecule has 1 heterocycles. The van der Waals surface area contributed by atoms with Gasteiger partial charge in [-0.3, -0.25) is 9.69 Å². The Morgan fingerprint density at radius 1 is 0.853 bits per heavy atom. The summed E-state index contributed by atoms with van der Waals surface area (Å²) < 4.78 is 43.1. The molecule has 0 atom stereocenters. The summed E-state index contributed by atoms with van der Waals surface area (Å²) in [6.07, 6.45) is 1.65. The second-order valence-corrected chi connectivity index (χ2v) is 8.05. The van der Waals surface area contributed by atoms with Crippen molar-refractivity contribution in [3.8, 4) is 17.2 Å². The van der Waals surface area contributed by atoms with Gasteiger partial charge in [0.2, 0.25) is 0 Å². The first kappa shape index (κ1) is 23.3. The summed E-state index contributed by atoms with van der Waals surface area (Å²) in [4.78, 5) is 19.7.